The van der Waals surface area contributed by atoms with Crippen LogP contribution in [-0.4, -0.2) is 25.3 Å². The molecule has 192 valence electrons. The third-order valence-electron chi connectivity index (χ3n) is 7.46. The summed E-state index contributed by atoms with van der Waals surface area (Å²) in [7, 11) is 2.05. The molecule has 5 rings (SSSR count). The summed E-state index contributed by atoms with van der Waals surface area (Å²) in [6, 6.07) is 13.1. The number of carbonyl (C=O) groups excluding carboxylic acids is 1. The van der Waals surface area contributed by atoms with Crippen molar-refractivity contribution in [1.29, 1.82) is 0 Å². The number of carbonyl (C=O) groups is 1. The first-order valence-electron chi connectivity index (χ1n) is 13.0. The van der Waals surface area contributed by atoms with Crippen molar-refractivity contribution in [3.8, 4) is 0 Å². The van der Waals surface area contributed by atoms with E-state index >= 15 is 0 Å². The first-order chi connectivity index (χ1) is 17.9. The van der Waals surface area contributed by atoms with E-state index in [2.05, 4.69) is 55.4 Å². The zero-order chi connectivity index (χ0) is 25.8. The maximum Gasteiger partial charge on any atom is 0.234 e. The van der Waals surface area contributed by atoms with Crippen molar-refractivity contribution in [3.05, 3.63) is 107 Å². The smallest absolute Gasteiger partial charge is 0.234 e. The van der Waals surface area contributed by atoms with E-state index < -0.39 is 5.41 Å². The van der Waals surface area contributed by atoms with E-state index in [0.29, 0.717) is 6.54 Å². The summed E-state index contributed by atoms with van der Waals surface area (Å²) < 4.78 is 2.09. The van der Waals surface area contributed by atoms with Crippen molar-refractivity contribution >= 4 is 5.91 Å². The quantitative estimate of drug-likeness (QED) is 0.479. The first kappa shape index (κ1) is 25.0. The molecule has 2 N–H and O–H groups in total. The summed E-state index contributed by atoms with van der Waals surface area (Å²) in [6.45, 7) is 5.98. The van der Waals surface area contributed by atoms with Crippen LogP contribution in [0.2, 0.25) is 0 Å². The molecule has 37 heavy (non-hydrogen) atoms. The van der Waals surface area contributed by atoms with Gasteiger partial charge < -0.3 is 15.2 Å². The van der Waals surface area contributed by atoms with Gasteiger partial charge in [-0.1, -0.05) is 30.3 Å². The van der Waals surface area contributed by atoms with Crippen molar-refractivity contribution < 1.29 is 4.79 Å². The van der Waals surface area contributed by atoms with Crippen LogP contribution in [0.25, 0.3) is 0 Å². The lowest BCUT2D eigenvalue weighted by atomic mass is 9.87. The number of fused-ring (bicyclic) bond motifs is 1. The van der Waals surface area contributed by atoms with Gasteiger partial charge >= 0.3 is 0 Å². The van der Waals surface area contributed by atoms with E-state index in [4.69, 9.17) is 4.98 Å². The van der Waals surface area contributed by atoms with Gasteiger partial charge in [-0.2, -0.15) is 0 Å². The lowest BCUT2D eigenvalue weighted by Gasteiger charge is -2.35. The van der Waals surface area contributed by atoms with Gasteiger partial charge in [0.25, 0.3) is 0 Å². The zero-order valence-corrected chi connectivity index (χ0v) is 21.9. The van der Waals surface area contributed by atoms with Gasteiger partial charge in [-0.25, -0.2) is 4.98 Å². The number of pyridine rings is 1. The summed E-state index contributed by atoms with van der Waals surface area (Å²) >= 11 is 0. The van der Waals surface area contributed by atoms with Gasteiger partial charge in [0.1, 0.15) is 0 Å². The Morgan fingerprint density at radius 2 is 2.11 bits per heavy atom. The number of hydrogen-bond donors (Lipinski definition) is 2. The number of benzene rings is 1. The van der Waals surface area contributed by atoms with E-state index in [1.807, 2.05) is 64.0 Å². The van der Waals surface area contributed by atoms with E-state index in [-0.39, 0.29) is 11.9 Å². The largest absolute Gasteiger partial charge is 0.366 e. The molecule has 2 atom stereocenters. The number of rotatable bonds is 8. The second-order valence-electron chi connectivity index (χ2n) is 10.4. The molecule has 2 aromatic heterocycles. The fourth-order valence-corrected chi connectivity index (χ4v) is 5.43. The summed E-state index contributed by atoms with van der Waals surface area (Å²) in [5.41, 5.74) is 6.39. The Hall–Kier alpha value is -3.71. The molecule has 0 spiro atoms. The lowest BCUT2D eigenvalue weighted by Crippen LogP contribution is -2.38. The number of nitrogens with one attached hydrogen (secondary N) is 2. The van der Waals surface area contributed by atoms with Crippen LogP contribution in [0.1, 0.15) is 60.8 Å². The molecule has 3 heterocycles. The number of imidazole rings is 1. The van der Waals surface area contributed by atoms with Crippen molar-refractivity contribution in [2.75, 3.05) is 0 Å². The monoisotopic (exact) mass is 496 g/mol. The number of nitrogens with zero attached hydrogens (tertiary/aromatic N) is 4. The van der Waals surface area contributed by atoms with Crippen molar-refractivity contribution in [1.82, 2.24) is 30.1 Å². The number of aromatic nitrogens is 3. The highest BCUT2D eigenvalue weighted by Gasteiger charge is 2.30. The highest BCUT2D eigenvalue weighted by molar-refractivity contribution is 5.86. The van der Waals surface area contributed by atoms with E-state index in [1.54, 1.807) is 0 Å². The Labute approximate surface area is 219 Å². The molecular formula is C30H36N6O. The molecule has 0 saturated heterocycles. The maximum atomic E-state index is 13.0. The van der Waals surface area contributed by atoms with E-state index in [9.17, 15) is 4.79 Å². The van der Waals surface area contributed by atoms with Crippen LogP contribution in [0.4, 0.5) is 0 Å². The number of allylic oxidation sites excluding steroid dienone is 1. The molecule has 1 aliphatic heterocycles. The van der Waals surface area contributed by atoms with E-state index in [1.165, 1.54) is 22.5 Å². The summed E-state index contributed by atoms with van der Waals surface area (Å²) in [5, 5.41) is 6.26. The highest BCUT2D eigenvalue weighted by atomic mass is 16.2. The van der Waals surface area contributed by atoms with Crippen LogP contribution in [0.15, 0.2) is 79.2 Å². The van der Waals surface area contributed by atoms with Crippen molar-refractivity contribution in [2.45, 2.75) is 58.8 Å². The Morgan fingerprint density at radius 3 is 2.92 bits per heavy atom. The Kier molecular flexibility index (Phi) is 7.24. The molecule has 0 saturated carbocycles. The average molecular weight is 497 g/mol. The number of amides is 1. The topological polar surface area (TPSA) is 75.1 Å². The van der Waals surface area contributed by atoms with Gasteiger partial charge in [-0.3, -0.25) is 14.7 Å². The predicted molar refractivity (Wildman–Crippen MR) is 145 cm³/mol. The third-order valence-corrected chi connectivity index (χ3v) is 7.46. The van der Waals surface area contributed by atoms with Crippen LogP contribution in [-0.2, 0) is 37.9 Å². The predicted octanol–water partition coefficient (Wildman–Crippen LogP) is 4.54. The lowest BCUT2D eigenvalue weighted by molar-refractivity contribution is -0.126. The normalized spacial score (nSPS) is 20.8. The summed E-state index contributed by atoms with van der Waals surface area (Å²) in [6.07, 6.45) is 14.8. The van der Waals surface area contributed by atoms with Gasteiger partial charge in [0, 0.05) is 44.8 Å². The molecule has 0 radical (unpaired) electrons. The standard InChI is InChI=1S/C30H36N6O/c1-22-16-30(2,12-14-32-22)29(37)34-17-23-7-4-8-24(15-23)19-36(20-26-18-31-21-35(26)3)27-11-5-9-25-10-6-13-33-28(25)27/h4,6-8,10,12-16,18,21,27,32H,5,9,11,17,19-20H2,1-3H3,(H,34,37). The van der Waals surface area contributed by atoms with E-state index in [0.717, 1.165) is 43.6 Å². The Bertz CT molecular complexity index is 1320. The van der Waals surface area contributed by atoms with Crippen LogP contribution in [0.5, 0.6) is 0 Å². The van der Waals surface area contributed by atoms with Gasteiger partial charge in [0.05, 0.1) is 29.2 Å². The third kappa shape index (κ3) is 5.67. The molecule has 2 unspecified atom stereocenters. The SMILES string of the molecule is CC1=CC(C)(C(=O)NCc2cccc(CN(Cc3cncn3C)C3CCCc4cccnc43)c2)C=CN1. The average Bonchev–Trinajstić information content (AvgIpc) is 3.30. The fraction of sp³-hybridized carbons (Fsp3) is 0.367. The van der Waals surface area contributed by atoms with Gasteiger partial charge in [0.15, 0.2) is 0 Å². The fourth-order valence-electron chi connectivity index (χ4n) is 5.43. The Morgan fingerprint density at radius 1 is 1.24 bits per heavy atom. The van der Waals surface area contributed by atoms with Crippen LogP contribution in [0.3, 0.4) is 0 Å². The number of dihydropyridines is 1. The molecule has 7 heteroatoms. The van der Waals surface area contributed by atoms with Gasteiger partial charge in [-0.05, 0) is 74.2 Å². The van der Waals surface area contributed by atoms with Crippen molar-refractivity contribution in [2.24, 2.45) is 12.5 Å². The molecule has 1 aromatic carbocycles. The number of aryl methyl sites for hydroxylation is 2. The summed E-state index contributed by atoms with van der Waals surface area (Å²) in [5.74, 6) is -0.00211. The maximum absolute atomic E-state index is 13.0. The van der Waals surface area contributed by atoms with Crippen LogP contribution < -0.4 is 10.6 Å². The molecule has 3 aromatic rings. The molecule has 2 aliphatic rings. The second-order valence-corrected chi connectivity index (χ2v) is 10.4. The summed E-state index contributed by atoms with van der Waals surface area (Å²) in [4.78, 5) is 24.7. The molecule has 7 nitrogen and oxygen atoms in total. The molecular weight excluding hydrogens is 460 g/mol. The molecule has 0 fully saturated rings. The highest BCUT2D eigenvalue weighted by Crippen LogP contribution is 2.35. The minimum atomic E-state index is -0.645. The second kappa shape index (κ2) is 10.7. The number of hydrogen-bond acceptors (Lipinski definition) is 5. The first-order valence-corrected chi connectivity index (χ1v) is 13.0. The zero-order valence-electron chi connectivity index (χ0n) is 21.9. The molecule has 0 bridgehead atoms. The van der Waals surface area contributed by atoms with Gasteiger partial charge in [0.2, 0.25) is 5.91 Å². The molecule has 1 amide bonds. The minimum Gasteiger partial charge on any atom is -0.366 e. The van der Waals surface area contributed by atoms with Crippen LogP contribution >= 0.6 is 0 Å². The molecule has 1 aliphatic carbocycles. The Balaban J connectivity index is 1.34. The van der Waals surface area contributed by atoms with Gasteiger partial charge in [-0.15, -0.1) is 0 Å². The van der Waals surface area contributed by atoms with Crippen LogP contribution in [0, 0.1) is 5.41 Å². The van der Waals surface area contributed by atoms with Crippen molar-refractivity contribution in [3.63, 3.8) is 0 Å². The minimum absolute atomic E-state index is 0.00211.